The van der Waals surface area contributed by atoms with Crippen molar-refractivity contribution in [2.24, 2.45) is 0 Å². The first kappa shape index (κ1) is 14.2. The second-order valence-corrected chi connectivity index (χ2v) is 6.25. The normalized spacial score (nSPS) is 20.0. The molecule has 1 amide bonds. The SMILES string of the molecule is O=C(c1cnc[nH]1)N1CCCC1Cn1nc2c(cc1=O)CCC2. The van der Waals surface area contributed by atoms with Gasteiger partial charge in [0.25, 0.3) is 11.5 Å². The summed E-state index contributed by atoms with van der Waals surface area (Å²) in [5.74, 6) is -0.0563. The summed E-state index contributed by atoms with van der Waals surface area (Å²) >= 11 is 0. The Labute approximate surface area is 133 Å². The summed E-state index contributed by atoms with van der Waals surface area (Å²) in [5.41, 5.74) is 2.55. The van der Waals surface area contributed by atoms with Crippen molar-refractivity contribution in [2.75, 3.05) is 6.54 Å². The van der Waals surface area contributed by atoms with Crippen molar-refractivity contribution < 1.29 is 4.79 Å². The number of hydrogen-bond donors (Lipinski definition) is 1. The number of aromatic amines is 1. The standard InChI is InChI=1S/C16H19N5O2/c22-15-7-11-3-1-5-13(11)19-21(15)9-12-4-2-6-20(12)16(23)14-8-17-10-18-14/h7-8,10,12H,1-6,9H2,(H,17,18). The molecule has 120 valence electrons. The van der Waals surface area contributed by atoms with E-state index in [4.69, 9.17) is 0 Å². The van der Waals surface area contributed by atoms with E-state index in [-0.39, 0.29) is 17.5 Å². The van der Waals surface area contributed by atoms with E-state index in [1.54, 1.807) is 6.07 Å². The van der Waals surface area contributed by atoms with Gasteiger partial charge in [-0.3, -0.25) is 9.59 Å². The third kappa shape index (κ3) is 2.56. The predicted octanol–water partition coefficient (Wildman–Crippen LogP) is 0.760. The summed E-state index contributed by atoms with van der Waals surface area (Å²) < 4.78 is 1.54. The molecule has 1 saturated heterocycles. The summed E-state index contributed by atoms with van der Waals surface area (Å²) in [5, 5.41) is 4.52. The Morgan fingerprint density at radius 2 is 2.26 bits per heavy atom. The lowest BCUT2D eigenvalue weighted by atomic mass is 10.2. The maximum atomic E-state index is 12.5. The molecule has 2 aromatic heterocycles. The van der Waals surface area contributed by atoms with Gasteiger partial charge in [-0.2, -0.15) is 5.10 Å². The van der Waals surface area contributed by atoms with Gasteiger partial charge in [-0.1, -0.05) is 0 Å². The number of H-pyrrole nitrogens is 1. The maximum absolute atomic E-state index is 12.5. The van der Waals surface area contributed by atoms with Crippen molar-refractivity contribution in [3.8, 4) is 0 Å². The van der Waals surface area contributed by atoms with Crippen LogP contribution >= 0.6 is 0 Å². The molecular weight excluding hydrogens is 294 g/mol. The van der Waals surface area contributed by atoms with Crippen LogP contribution in [0.5, 0.6) is 0 Å². The zero-order chi connectivity index (χ0) is 15.8. The first-order valence-corrected chi connectivity index (χ1v) is 8.11. The highest BCUT2D eigenvalue weighted by atomic mass is 16.2. The zero-order valence-corrected chi connectivity index (χ0v) is 12.9. The molecule has 0 saturated carbocycles. The van der Waals surface area contributed by atoms with E-state index >= 15 is 0 Å². The van der Waals surface area contributed by atoms with E-state index in [1.807, 2.05) is 4.90 Å². The lowest BCUT2D eigenvalue weighted by Gasteiger charge is -2.24. The number of likely N-dealkylation sites (tertiary alicyclic amines) is 1. The first-order valence-electron chi connectivity index (χ1n) is 8.11. The third-order valence-electron chi connectivity index (χ3n) is 4.77. The minimum atomic E-state index is -0.0634. The van der Waals surface area contributed by atoms with Crippen LogP contribution in [0.15, 0.2) is 23.4 Å². The van der Waals surface area contributed by atoms with Gasteiger partial charge in [0.2, 0.25) is 0 Å². The van der Waals surface area contributed by atoms with Crippen LogP contribution in [0.1, 0.15) is 41.0 Å². The minimum absolute atomic E-state index is 0.00968. The van der Waals surface area contributed by atoms with Crippen molar-refractivity contribution in [1.29, 1.82) is 0 Å². The lowest BCUT2D eigenvalue weighted by Crippen LogP contribution is -2.41. The van der Waals surface area contributed by atoms with E-state index < -0.39 is 0 Å². The largest absolute Gasteiger partial charge is 0.341 e. The number of rotatable bonds is 3. The van der Waals surface area contributed by atoms with Crippen molar-refractivity contribution in [2.45, 2.75) is 44.7 Å². The highest BCUT2D eigenvalue weighted by Gasteiger charge is 2.31. The number of hydrogen-bond acceptors (Lipinski definition) is 4. The number of aryl methyl sites for hydroxylation is 2. The van der Waals surface area contributed by atoms with Gasteiger partial charge >= 0.3 is 0 Å². The number of imidazole rings is 1. The number of carbonyl (C=O) groups excluding carboxylic acids is 1. The molecule has 4 rings (SSSR count). The molecule has 7 heteroatoms. The van der Waals surface area contributed by atoms with Crippen LogP contribution in [0.2, 0.25) is 0 Å². The Kier molecular flexibility index (Phi) is 3.48. The van der Waals surface area contributed by atoms with Crippen LogP contribution in [0.3, 0.4) is 0 Å². The fraction of sp³-hybridized carbons (Fsp3) is 0.500. The predicted molar refractivity (Wildman–Crippen MR) is 83.2 cm³/mol. The van der Waals surface area contributed by atoms with Crippen molar-refractivity contribution in [3.05, 3.63) is 45.9 Å². The molecule has 2 aromatic rings. The topological polar surface area (TPSA) is 83.9 Å². The monoisotopic (exact) mass is 313 g/mol. The average molecular weight is 313 g/mol. The van der Waals surface area contributed by atoms with Crippen LogP contribution in [0.4, 0.5) is 0 Å². The Hall–Kier alpha value is -2.44. The second kappa shape index (κ2) is 5.64. The Bertz CT molecular complexity index is 780. The average Bonchev–Trinajstić information content (AvgIpc) is 3.28. The van der Waals surface area contributed by atoms with Crippen molar-refractivity contribution >= 4 is 5.91 Å². The summed E-state index contributed by atoms with van der Waals surface area (Å²) in [6.45, 7) is 1.17. The van der Waals surface area contributed by atoms with Crippen LogP contribution in [0.25, 0.3) is 0 Å². The van der Waals surface area contributed by atoms with Gasteiger partial charge in [0.05, 0.1) is 30.8 Å². The molecule has 0 radical (unpaired) electrons. The van der Waals surface area contributed by atoms with Crippen LogP contribution in [-0.4, -0.2) is 43.1 Å². The molecule has 1 aliphatic carbocycles. The van der Waals surface area contributed by atoms with E-state index in [0.29, 0.717) is 18.8 Å². The Morgan fingerprint density at radius 3 is 3.09 bits per heavy atom. The Morgan fingerprint density at radius 1 is 1.35 bits per heavy atom. The van der Waals surface area contributed by atoms with Crippen molar-refractivity contribution in [3.63, 3.8) is 0 Å². The van der Waals surface area contributed by atoms with Crippen LogP contribution in [0, 0.1) is 0 Å². The van der Waals surface area contributed by atoms with Gasteiger partial charge in [0.1, 0.15) is 5.69 Å². The summed E-state index contributed by atoms with van der Waals surface area (Å²) in [6.07, 6.45) is 7.85. The molecule has 7 nitrogen and oxygen atoms in total. The number of nitrogens with one attached hydrogen (secondary N) is 1. The summed E-state index contributed by atoms with van der Waals surface area (Å²) in [6, 6.07) is 1.72. The van der Waals surface area contributed by atoms with E-state index in [9.17, 15) is 9.59 Å². The summed E-state index contributed by atoms with van der Waals surface area (Å²) in [7, 11) is 0. The second-order valence-electron chi connectivity index (χ2n) is 6.25. The number of fused-ring (bicyclic) bond motifs is 1. The fourth-order valence-electron chi connectivity index (χ4n) is 3.59. The number of aromatic nitrogens is 4. The highest BCUT2D eigenvalue weighted by Crippen LogP contribution is 2.21. The van der Waals surface area contributed by atoms with Gasteiger partial charge in [-0.05, 0) is 37.7 Å². The molecule has 0 spiro atoms. The van der Waals surface area contributed by atoms with Crippen LogP contribution < -0.4 is 5.56 Å². The number of carbonyl (C=O) groups is 1. The first-order chi connectivity index (χ1) is 11.2. The van der Waals surface area contributed by atoms with Crippen LogP contribution in [-0.2, 0) is 19.4 Å². The molecule has 2 aliphatic rings. The maximum Gasteiger partial charge on any atom is 0.272 e. The van der Waals surface area contributed by atoms with E-state index in [2.05, 4.69) is 15.1 Å². The molecule has 1 N–H and O–H groups in total. The molecule has 1 atom stereocenters. The number of nitrogens with zero attached hydrogens (tertiary/aromatic N) is 4. The zero-order valence-electron chi connectivity index (χ0n) is 12.9. The van der Waals surface area contributed by atoms with Gasteiger partial charge in [0.15, 0.2) is 0 Å². The minimum Gasteiger partial charge on any atom is -0.341 e. The third-order valence-corrected chi connectivity index (χ3v) is 4.77. The van der Waals surface area contributed by atoms with E-state index in [1.165, 1.54) is 17.2 Å². The van der Waals surface area contributed by atoms with Gasteiger partial charge in [-0.15, -0.1) is 0 Å². The molecule has 0 bridgehead atoms. The molecule has 1 fully saturated rings. The van der Waals surface area contributed by atoms with Gasteiger partial charge in [0, 0.05) is 12.6 Å². The molecular formula is C16H19N5O2. The molecule has 3 heterocycles. The van der Waals surface area contributed by atoms with Gasteiger partial charge in [-0.25, -0.2) is 9.67 Å². The highest BCUT2D eigenvalue weighted by molar-refractivity contribution is 5.92. The quantitative estimate of drug-likeness (QED) is 0.907. The molecule has 0 aromatic carbocycles. The smallest absolute Gasteiger partial charge is 0.272 e. The van der Waals surface area contributed by atoms with E-state index in [0.717, 1.165) is 43.4 Å². The summed E-state index contributed by atoms with van der Waals surface area (Å²) in [4.78, 5) is 33.4. The number of amides is 1. The molecule has 23 heavy (non-hydrogen) atoms. The molecule has 1 aliphatic heterocycles. The van der Waals surface area contributed by atoms with Gasteiger partial charge < -0.3 is 9.88 Å². The molecule has 1 unspecified atom stereocenters. The Balaban J connectivity index is 1.56. The fourth-order valence-corrected chi connectivity index (χ4v) is 3.59. The lowest BCUT2D eigenvalue weighted by molar-refractivity contribution is 0.0715. The van der Waals surface area contributed by atoms with Crippen molar-refractivity contribution in [1.82, 2.24) is 24.6 Å².